The zero-order valence-corrected chi connectivity index (χ0v) is 15.6. The van der Waals surface area contributed by atoms with Crippen molar-refractivity contribution >= 4 is 29.0 Å². The molecule has 1 aromatic heterocycles. The molecule has 1 aromatic carbocycles. The van der Waals surface area contributed by atoms with Crippen LogP contribution in [0.2, 0.25) is 0 Å². The van der Waals surface area contributed by atoms with E-state index >= 15 is 0 Å². The molecule has 0 unspecified atom stereocenters. The lowest BCUT2D eigenvalue weighted by atomic mass is 10.2. The second kappa shape index (κ2) is 7.92. The molecule has 2 aliphatic rings. The fraction of sp³-hybridized carbons (Fsp3) is 0.450. The van der Waals surface area contributed by atoms with Gasteiger partial charge in [-0.05, 0) is 56.9 Å². The average molecular weight is 367 g/mol. The van der Waals surface area contributed by atoms with Gasteiger partial charge in [-0.2, -0.15) is 4.98 Å². The Hall–Kier alpha value is -2.67. The zero-order valence-electron chi connectivity index (χ0n) is 15.6. The third-order valence-electron chi connectivity index (χ3n) is 4.88. The van der Waals surface area contributed by atoms with Crippen LogP contribution >= 0.6 is 0 Å². The molecule has 7 heteroatoms. The van der Waals surface area contributed by atoms with Crippen LogP contribution in [-0.2, 0) is 9.53 Å². The first kappa shape index (κ1) is 17.7. The number of amides is 1. The predicted octanol–water partition coefficient (Wildman–Crippen LogP) is 3.25. The molecular formula is C20H25N5O2. The van der Waals surface area contributed by atoms with E-state index in [0.717, 1.165) is 54.8 Å². The second-order valence-corrected chi connectivity index (χ2v) is 7.08. The summed E-state index contributed by atoms with van der Waals surface area (Å²) in [5, 5.41) is 6.24. The standard InChI is InChI=1S/C20H25N5O2/c1-14-13-18(24-20(21-14)25-10-2-3-11-25)22-15-6-8-16(9-7-15)23-19(26)17-5-4-12-27-17/h6-9,13,17H,2-5,10-12H2,1H3,(H,23,26)(H,21,22,24)/t17-/m0/s1. The lowest BCUT2D eigenvalue weighted by Gasteiger charge is -2.17. The van der Waals surface area contributed by atoms with Gasteiger partial charge in [0.2, 0.25) is 5.95 Å². The van der Waals surface area contributed by atoms with Crippen LogP contribution in [0.3, 0.4) is 0 Å². The summed E-state index contributed by atoms with van der Waals surface area (Å²) in [5.74, 6) is 1.49. The molecule has 0 spiro atoms. The summed E-state index contributed by atoms with van der Waals surface area (Å²) < 4.78 is 5.41. The van der Waals surface area contributed by atoms with Crippen molar-refractivity contribution in [3.8, 4) is 0 Å². The molecule has 4 rings (SSSR count). The number of aryl methyl sites for hydroxylation is 1. The monoisotopic (exact) mass is 367 g/mol. The van der Waals surface area contributed by atoms with E-state index in [9.17, 15) is 4.79 Å². The highest BCUT2D eigenvalue weighted by molar-refractivity contribution is 5.94. The lowest BCUT2D eigenvalue weighted by Crippen LogP contribution is -2.26. The zero-order chi connectivity index (χ0) is 18.6. The Bertz CT molecular complexity index is 797. The molecule has 27 heavy (non-hydrogen) atoms. The summed E-state index contributed by atoms with van der Waals surface area (Å²) >= 11 is 0. The van der Waals surface area contributed by atoms with Gasteiger partial charge in [0.15, 0.2) is 0 Å². The van der Waals surface area contributed by atoms with Crippen LogP contribution in [0.1, 0.15) is 31.4 Å². The molecule has 2 aromatic rings. The van der Waals surface area contributed by atoms with Crippen LogP contribution in [0.4, 0.5) is 23.1 Å². The molecule has 1 atom stereocenters. The Morgan fingerprint density at radius 3 is 2.56 bits per heavy atom. The van der Waals surface area contributed by atoms with Crippen LogP contribution < -0.4 is 15.5 Å². The number of hydrogen-bond donors (Lipinski definition) is 2. The Balaban J connectivity index is 1.41. The molecule has 3 heterocycles. The number of aromatic nitrogens is 2. The molecule has 2 N–H and O–H groups in total. The van der Waals surface area contributed by atoms with E-state index in [0.29, 0.717) is 6.61 Å². The molecule has 0 aliphatic carbocycles. The van der Waals surface area contributed by atoms with Gasteiger partial charge in [0.05, 0.1) is 0 Å². The highest BCUT2D eigenvalue weighted by Crippen LogP contribution is 2.22. The first-order chi connectivity index (χ1) is 13.2. The van der Waals surface area contributed by atoms with Gasteiger partial charge in [-0.1, -0.05) is 0 Å². The van der Waals surface area contributed by atoms with E-state index in [-0.39, 0.29) is 12.0 Å². The molecule has 0 radical (unpaired) electrons. The predicted molar refractivity (Wildman–Crippen MR) is 106 cm³/mol. The van der Waals surface area contributed by atoms with Gasteiger partial charge in [-0.15, -0.1) is 0 Å². The molecule has 1 amide bonds. The maximum atomic E-state index is 12.1. The Morgan fingerprint density at radius 2 is 1.85 bits per heavy atom. The molecule has 142 valence electrons. The van der Waals surface area contributed by atoms with E-state index < -0.39 is 0 Å². The van der Waals surface area contributed by atoms with E-state index in [2.05, 4.69) is 25.5 Å². The van der Waals surface area contributed by atoms with Crippen LogP contribution in [0, 0.1) is 6.92 Å². The third kappa shape index (κ3) is 4.36. The van der Waals surface area contributed by atoms with Crippen LogP contribution in [0.25, 0.3) is 0 Å². The van der Waals surface area contributed by atoms with Crippen molar-refractivity contribution in [1.29, 1.82) is 0 Å². The van der Waals surface area contributed by atoms with E-state index in [1.54, 1.807) is 0 Å². The highest BCUT2D eigenvalue weighted by Gasteiger charge is 2.23. The average Bonchev–Trinajstić information content (AvgIpc) is 3.37. The minimum Gasteiger partial charge on any atom is -0.368 e. The summed E-state index contributed by atoms with van der Waals surface area (Å²) in [6, 6.07) is 9.55. The van der Waals surface area contributed by atoms with Gasteiger partial charge in [0, 0.05) is 42.8 Å². The number of carbonyl (C=O) groups excluding carboxylic acids is 1. The number of carbonyl (C=O) groups is 1. The van der Waals surface area contributed by atoms with Gasteiger partial charge in [0.25, 0.3) is 5.91 Å². The summed E-state index contributed by atoms with van der Waals surface area (Å²) in [5.41, 5.74) is 2.61. The Labute approximate surface area is 159 Å². The fourth-order valence-corrected chi connectivity index (χ4v) is 3.47. The van der Waals surface area contributed by atoms with Crippen molar-refractivity contribution in [2.75, 3.05) is 35.2 Å². The molecule has 0 bridgehead atoms. The van der Waals surface area contributed by atoms with Crippen molar-refractivity contribution in [3.63, 3.8) is 0 Å². The number of nitrogens with zero attached hydrogens (tertiary/aromatic N) is 3. The first-order valence-corrected chi connectivity index (χ1v) is 9.57. The number of nitrogens with one attached hydrogen (secondary N) is 2. The SMILES string of the molecule is Cc1cc(Nc2ccc(NC(=O)[C@@H]3CCCO3)cc2)nc(N2CCCC2)n1. The maximum absolute atomic E-state index is 12.1. The van der Waals surface area contributed by atoms with E-state index in [1.165, 1.54) is 12.8 Å². The van der Waals surface area contributed by atoms with Gasteiger partial charge < -0.3 is 20.3 Å². The number of benzene rings is 1. The Kier molecular flexibility index (Phi) is 5.20. The fourth-order valence-electron chi connectivity index (χ4n) is 3.47. The topological polar surface area (TPSA) is 79.4 Å². The molecular weight excluding hydrogens is 342 g/mol. The van der Waals surface area contributed by atoms with Gasteiger partial charge in [-0.25, -0.2) is 4.98 Å². The van der Waals surface area contributed by atoms with Crippen molar-refractivity contribution in [3.05, 3.63) is 36.0 Å². The normalized spacial score (nSPS) is 19.3. The van der Waals surface area contributed by atoms with Crippen LogP contribution in [-0.4, -0.2) is 41.7 Å². The van der Waals surface area contributed by atoms with Crippen molar-refractivity contribution in [2.24, 2.45) is 0 Å². The molecule has 2 fully saturated rings. The van der Waals surface area contributed by atoms with Crippen molar-refractivity contribution < 1.29 is 9.53 Å². The van der Waals surface area contributed by atoms with E-state index in [4.69, 9.17) is 4.74 Å². The number of anilines is 4. The van der Waals surface area contributed by atoms with Crippen LogP contribution in [0.15, 0.2) is 30.3 Å². The summed E-state index contributed by atoms with van der Waals surface area (Å²) in [6.07, 6.45) is 3.80. The van der Waals surface area contributed by atoms with Gasteiger partial charge in [-0.3, -0.25) is 4.79 Å². The van der Waals surface area contributed by atoms with Gasteiger partial charge in [0.1, 0.15) is 11.9 Å². The summed E-state index contributed by atoms with van der Waals surface area (Å²) in [7, 11) is 0. The molecule has 2 aliphatic heterocycles. The molecule has 7 nitrogen and oxygen atoms in total. The number of hydrogen-bond acceptors (Lipinski definition) is 6. The summed E-state index contributed by atoms with van der Waals surface area (Å²) in [6.45, 7) is 4.68. The quantitative estimate of drug-likeness (QED) is 0.845. The lowest BCUT2D eigenvalue weighted by molar-refractivity contribution is -0.124. The Morgan fingerprint density at radius 1 is 1.11 bits per heavy atom. The largest absolute Gasteiger partial charge is 0.368 e. The summed E-state index contributed by atoms with van der Waals surface area (Å²) in [4.78, 5) is 23.6. The molecule has 2 saturated heterocycles. The number of ether oxygens (including phenoxy) is 1. The third-order valence-corrected chi connectivity index (χ3v) is 4.88. The van der Waals surface area contributed by atoms with Crippen molar-refractivity contribution in [2.45, 2.75) is 38.7 Å². The second-order valence-electron chi connectivity index (χ2n) is 7.08. The van der Waals surface area contributed by atoms with Crippen molar-refractivity contribution in [1.82, 2.24) is 9.97 Å². The smallest absolute Gasteiger partial charge is 0.253 e. The minimum absolute atomic E-state index is 0.0742. The van der Waals surface area contributed by atoms with Crippen LogP contribution in [0.5, 0.6) is 0 Å². The maximum Gasteiger partial charge on any atom is 0.253 e. The highest BCUT2D eigenvalue weighted by atomic mass is 16.5. The minimum atomic E-state index is -0.323. The van der Waals surface area contributed by atoms with Gasteiger partial charge >= 0.3 is 0 Å². The molecule has 0 saturated carbocycles. The number of rotatable bonds is 5. The van der Waals surface area contributed by atoms with E-state index in [1.807, 2.05) is 37.3 Å². The first-order valence-electron chi connectivity index (χ1n) is 9.57.